The molecule has 6 nitrogen and oxygen atoms in total. The number of aromatic nitrogens is 2. The van der Waals surface area contributed by atoms with E-state index in [2.05, 4.69) is 21.0 Å². The number of methoxy groups -OCH3 is 2. The van der Waals surface area contributed by atoms with Gasteiger partial charge in [0.05, 0.1) is 26.1 Å². The molecule has 3 aromatic rings. The molecule has 1 aliphatic rings. The summed E-state index contributed by atoms with van der Waals surface area (Å²) in [5, 5.41) is 4.59. The molecule has 7 heteroatoms. The van der Waals surface area contributed by atoms with Crippen molar-refractivity contribution in [2.45, 2.75) is 12.3 Å². The van der Waals surface area contributed by atoms with E-state index in [1.165, 1.54) is 0 Å². The van der Waals surface area contributed by atoms with Crippen molar-refractivity contribution in [3.63, 3.8) is 0 Å². The zero-order valence-corrected chi connectivity index (χ0v) is 17.4. The van der Waals surface area contributed by atoms with Crippen molar-refractivity contribution in [3.05, 3.63) is 64.3 Å². The number of ether oxygens (including phenoxy) is 2. The van der Waals surface area contributed by atoms with Gasteiger partial charge in [-0.15, -0.1) is 0 Å². The van der Waals surface area contributed by atoms with Crippen LogP contribution in [0.4, 0.5) is 5.82 Å². The number of carbonyl (C=O) groups is 1. The van der Waals surface area contributed by atoms with Crippen molar-refractivity contribution >= 4 is 27.7 Å². The molecule has 0 spiro atoms. The quantitative estimate of drug-likeness (QED) is 0.609. The van der Waals surface area contributed by atoms with Crippen LogP contribution in [0.15, 0.2) is 53.1 Å². The molecule has 1 aromatic heterocycles. The third-order valence-corrected chi connectivity index (χ3v) is 5.63. The van der Waals surface area contributed by atoms with Gasteiger partial charge in [-0.25, -0.2) is 4.68 Å². The van der Waals surface area contributed by atoms with Crippen LogP contribution in [0.3, 0.4) is 0 Å². The molecule has 1 atom stereocenters. The van der Waals surface area contributed by atoms with Crippen molar-refractivity contribution in [2.75, 3.05) is 26.2 Å². The summed E-state index contributed by atoms with van der Waals surface area (Å²) in [4.78, 5) is 14.5. The fourth-order valence-corrected chi connectivity index (χ4v) is 3.88. The van der Waals surface area contributed by atoms with Gasteiger partial charge in [0.1, 0.15) is 5.82 Å². The number of benzene rings is 2. The Morgan fingerprint density at radius 3 is 2.46 bits per heavy atom. The lowest BCUT2D eigenvalue weighted by Crippen LogP contribution is -2.34. The molecule has 0 N–H and O–H groups in total. The first-order valence-electron chi connectivity index (χ1n) is 8.85. The molecule has 0 saturated carbocycles. The summed E-state index contributed by atoms with van der Waals surface area (Å²) in [5.74, 6) is 2.05. The molecule has 144 valence electrons. The highest BCUT2D eigenvalue weighted by Gasteiger charge is 2.34. The van der Waals surface area contributed by atoms with Gasteiger partial charge in [-0.2, -0.15) is 5.10 Å². The standard InChI is InChI=1S/C21H20BrN3O3/c1-24-20(26)11-16(13-4-9-18(27-2)19(10-13)28-3)17-12-23-25(21(17)24)15-7-5-14(22)6-8-15/h4-10,12,16H,11H2,1-3H3. The average Bonchev–Trinajstić information content (AvgIpc) is 3.16. The smallest absolute Gasteiger partial charge is 0.228 e. The molecule has 1 amide bonds. The fourth-order valence-electron chi connectivity index (χ4n) is 3.61. The molecule has 4 rings (SSSR count). The summed E-state index contributed by atoms with van der Waals surface area (Å²) in [7, 11) is 5.01. The Hall–Kier alpha value is -2.80. The molecular weight excluding hydrogens is 422 g/mol. The Kier molecular flexibility index (Phi) is 4.85. The van der Waals surface area contributed by atoms with E-state index in [4.69, 9.17) is 9.47 Å². The van der Waals surface area contributed by atoms with E-state index in [1.54, 1.807) is 26.2 Å². The molecule has 28 heavy (non-hydrogen) atoms. The van der Waals surface area contributed by atoms with Crippen molar-refractivity contribution < 1.29 is 14.3 Å². The Morgan fingerprint density at radius 1 is 1.07 bits per heavy atom. The van der Waals surface area contributed by atoms with E-state index in [9.17, 15) is 4.79 Å². The predicted molar refractivity (Wildman–Crippen MR) is 111 cm³/mol. The predicted octanol–water partition coefficient (Wildman–Crippen LogP) is 4.15. The Labute approximate surface area is 171 Å². The zero-order valence-electron chi connectivity index (χ0n) is 15.8. The molecule has 0 bridgehead atoms. The number of fused-ring (bicyclic) bond motifs is 1. The van der Waals surface area contributed by atoms with Gasteiger partial charge in [0, 0.05) is 29.4 Å². The van der Waals surface area contributed by atoms with Gasteiger partial charge in [-0.3, -0.25) is 9.69 Å². The van der Waals surface area contributed by atoms with Gasteiger partial charge in [0.15, 0.2) is 11.5 Å². The van der Waals surface area contributed by atoms with E-state index >= 15 is 0 Å². The van der Waals surface area contributed by atoms with Crippen LogP contribution in [0.1, 0.15) is 23.5 Å². The number of halogens is 1. The first-order valence-corrected chi connectivity index (χ1v) is 9.65. The second-order valence-electron chi connectivity index (χ2n) is 6.64. The highest BCUT2D eigenvalue weighted by atomic mass is 79.9. The van der Waals surface area contributed by atoms with Gasteiger partial charge in [0.2, 0.25) is 5.91 Å². The summed E-state index contributed by atoms with van der Waals surface area (Å²) in [6.07, 6.45) is 2.23. The summed E-state index contributed by atoms with van der Waals surface area (Å²) in [5.41, 5.74) is 2.91. The van der Waals surface area contributed by atoms with Crippen LogP contribution in [-0.4, -0.2) is 37.0 Å². The summed E-state index contributed by atoms with van der Waals surface area (Å²) in [6.45, 7) is 0. The largest absolute Gasteiger partial charge is 0.493 e. The minimum Gasteiger partial charge on any atom is -0.493 e. The monoisotopic (exact) mass is 441 g/mol. The number of amides is 1. The molecule has 0 saturated heterocycles. The number of hydrogen-bond donors (Lipinski definition) is 0. The lowest BCUT2D eigenvalue weighted by molar-refractivity contribution is -0.118. The summed E-state index contributed by atoms with van der Waals surface area (Å²) < 4.78 is 13.6. The molecule has 2 aromatic carbocycles. The van der Waals surface area contributed by atoms with E-state index in [-0.39, 0.29) is 11.8 Å². The van der Waals surface area contributed by atoms with Crippen LogP contribution in [-0.2, 0) is 4.79 Å². The van der Waals surface area contributed by atoms with Gasteiger partial charge >= 0.3 is 0 Å². The van der Waals surface area contributed by atoms with Crippen LogP contribution in [0, 0.1) is 0 Å². The molecule has 0 aliphatic carbocycles. The van der Waals surface area contributed by atoms with Gasteiger partial charge < -0.3 is 9.47 Å². The molecule has 0 radical (unpaired) electrons. The highest BCUT2D eigenvalue weighted by Crippen LogP contribution is 2.42. The van der Waals surface area contributed by atoms with Crippen molar-refractivity contribution in [2.24, 2.45) is 0 Å². The number of nitrogens with zero attached hydrogens (tertiary/aromatic N) is 3. The molecule has 2 heterocycles. The minimum absolute atomic E-state index is 0.0474. The number of rotatable bonds is 4. The van der Waals surface area contributed by atoms with Crippen LogP contribution in [0.5, 0.6) is 11.5 Å². The maximum atomic E-state index is 12.8. The Balaban J connectivity index is 1.82. The van der Waals surface area contributed by atoms with E-state index < -0.39 is 0 Å². The lowest BCUT2D eigenvalue weighted by Gasteiger charge is -2.30. The van der Waals surface area contributed by atoms with Crippen molar-refractivity contribution in [3.8, 4) is 17.2 Å². The zero-order chi connectivity index (χ0) is 19.8. The van der Waals surface area contributed by atoms with Crippen LogP contribution in [0.2, 0.25) is 0 Å². The first-order chi connectivity index (χ1) is 13.5. The maximum Gasteiger partial charge on any atom is 0.228 e. The first kappa shape index (κ1) is 18.6. The van der Waals surface area contributed by atoms with E-state index in [0.29, 0.717) is 17.9 Å². The third-order valence-electron chi connectivity index (χ3n) is 5.10. The van der Waals surface area contributed by atoms with Gasteiger partial charge in [0.25, 0.3) is 0 Å². The van der Waals surface area contributed by atoms with Crippen LogP contribution in [0.25, 0.3) is 5.69 Å². The molecule has 1 aliphatic heterocycles. The maximum absolute atomic E-state index is 12.8. The van der Waals surface area contributed by atoms with E-state index in [1.807, 2.05) is 53.3 Å². The number of anilines is 1. The van der Waals surface area contributed by atoms with Gasteiger partial charge in [-0.1, -0.05) is 22.0 Å². The number of hydrogen-bond acceptors (Lipinski definition) is 4. The highest BCUT2D eigenvalue weighted by molar-refractivity contribution is 9.10. The molecule has 1 unspecified atom stereocenters. The van der Waals surface area contributed by atoms with Crippen molar-refractivity contribution in [1.82, 2.24) is 9.78 Å². The third kappa shape index (κ3) is 3.05. The Bertz CT molecular complexity index is 1030. The average molecular weight is 442 g/mol. The molecular formula is C21H20BrN3O3. The second-order valence-corrected chi connectivity index (χ2v) is 7.55. The number of carbonyl (C=O) groups excluding carboxylic acids is 1. The minimum atomic E-state index is -0.0947. The Morgan fingerprint density at radius 2 is 1.79 bits per heavy atom. The topological polar surface area (TPSA) is 56.6 Å². The summed E-state index contributed by atoms with van der Waals surface area (Å²) >= 11 is 3.45. The normalized spacial score (nSPS) is 16.1. The fraction of sp³-hybridized carbons (Fsp3) is 0.238. The van der Waals surface area contributed by atoms with Crippen molar-refractivity contribution in [1.29, 1.82) is 0 Å². The van der Waals surface area contributed by atoms with Gasteiger partial charge in [-0.05, 0) is 42.0 Å². The van der Waals surface area contributed by atoms with Crippen LogP contribution < -0.4 is 14.4 Å². The molecule has 0 fully saturated rings. The SMILES string of the molecule is COc1ccc(C2CC(=O)N(C)c3c2cnn3-c2ccc(Br)cc2)cc1OC. The summed E-state index contributed by atoms with van der Waals surface area (Å²) in [6, 6.07) is 13.6. The second kappa shape index (κ2) is 7.31. The van der Waals surface area contributed by atoms with Crippen LogP contribution >= 0.6 is 15.9 Å². The van der Waals surface area contributed by atoms with E-state index in [0.717, 1.165) is 27.1 Å². The lowest BCUT2D eigenvalue weighted by atomic mass is 9.86.